The van der Waals surface area contributed by atoms with E-state index in [0.29, 0.717) is 23.5 Å². The molecule has 1 aliphatic carbocycles. The lowest BCUT2D eigenvalue weighted by molar-refractivity contribution is -0.142. The minimum absolute atomic E-state index is 0.188. The van der Waals surface area contributed by atoms with Gasteiger partial charge < -0.3 is 14.7 Å². The predicted octanol–water partition coefficient (Wildman–Crippen LogP) is 4.88. The molecule has 0 bridgehead atoms. The molecule has 6 nitrogen and oxygen atoms in total. The van der Waals surface area contributed by atoms with Crippen LogP contribution >= 0.6 is 0 Å². The Morgan fingerprint density at radius 2 is 1.85 bits per heavy atom. The van der Waals surface area contributed by atoms with E-state index < -0.39 is 5.97 Å². The van der Waals surface area contributed by atoms with Crippen molar-refractivity contribution in [2.45, 2.75) is 44.1 Å². The van der Waals surface area contributed by atoms with Crippen LogP contribution in [-0.4, -0.2) is 52.7 Å². The number of rotatable bonds is 4. The number of nitrogens with zero attached hydrogens (tertiary/aromatic N) is 2. The molecule has 1 spiro atoms. The number of hydrogen-bond donors (Lipinski definition) is 1. The summed E-state index contributed by atoms with van der Waals surface area (Å²) in [6.45, 7) is 2.40. The van der Waals surface area contributed by atoms with Crippen LogP contribution in [0.1, 0.15) is 53.9 Å². The number of carboxylic acids is 1. The standard InChI is InChI=1S/C28H28N2O4/c31-26(24-5-2-14-34-24)30-12-10-28(11-13-30)16-23(28)19-8-6-18(7-9-19)21-15-20-3-1-4-22(27(32)33)25(20)29-17-21/h1,3-4,6-9,15,17,23-24H,2,5,10-14,16H2,(H,32,33)/t23-,24-/m1/s1. The molecule has 3 aliphatic rings. The average molecular weight is 457 g/mol. The molecule has 34 heavy (non-hydrogen) atoms. The summed E-state index contributed by atoms with van der Waals surface area (Å²) in [6.07, 6.45) is 6.73. The second kappa shape index (κ2) is 8.20. The van der Waals surface area contributed by atoms with Crippen molar-refractivity contribution < 1.29 is 19.4 Å². The molecule has 1 aromatic heterocycles. The van der Waals surface area contributed by atoms with Gasteiger partial charge in [0, 0.05) is 36.8 Å². The molecule has 2 aromatic carbocycles. The summed E-state index contributed by atoms with van der Waals surface area (Å²) in [5, 5.41) is 10.2. The van der Waals surface area contributed by atoms with Gasteiger partial charge in [-0.2, -0.15) is 0 Å². The van der Waals surface area contributed by atoms with Crippen LogP contribution in [-0.2, 0) is 9.53 Å². The largest absolute Gasteiger partial charge is 0.478 e. The molecule has 174 valence electrons. The summed E-state index contributed by atoms with van der Waals surface area (Å²) in [7, 11) is 0. The molecule has 2 aliphatic heterocycles. The number of pyridine rings is 1. The second-order valence-electron chi connectivity index (χ2n) is 9.97. The third-order valence-electron chi connectivity index (χ3n) is 8.05. The molecular formula is C28H28N2O4. The lowest BCUT2D eigenvalue weighted by Crippen LogP contribution is -2.44. The zero-order valence-corrected chi connectivity index (χ0v) is 19.1. The number of carbonyl (C=O) groups excluding carboxylic acids is 1. The number of para-hydroxylation sites is 1. The first kappa shape index (κ1) is 21.3. The summed E-state index contributed by atoms with van der Waals surface area (Å²) in [5.41, 5.74) is 4.50. The maximum Gasteiger partial charge on any atom is 0.337 e. The molecule has 1 amide bonds. The molecule has 2 saturated heterocycles. The molecule has 2 atom stereocenters. The van der Waals surface area contributed by atoms with Crippen LogP contribution in [0, 0.1) is 5.41 Å². The maximum atomic E-state index is 12.7. The molecule has 0 radical (unpaired) electrons. The van der Waals surface area contributed by atoms with Gasteiger partial charge in [-0.25, -0.2) is 4.79 Å². The first-order chi connectivity index (χ1) is 16.5. The molecule has 6 heteroatoms. The Morgan fingerprint density at radius 1 is 1.06 bits per heavy atom. The molecule has 3 fully saturated rings. The third kappa shape index (κ3) is 3.66. The number of piperidine rings is 1. The predicted molar refractivity (Wildman–Crippen MR) is 129 cm³/mol. The monoisotopic (exact) mass is 456 g/mol. The highest BCUT2D eigenvalue weighted by atomic mass is 16.5. The molecule has 6 rings (SSSR count). The number of ether oxygens (including phenoxy) is 1. The lowest BCUT2D eigenvalue weighted by Gasteiger charge is -2.34. The smallest absolute Gasteiger partial charge is 0.337 e. The number of aromatic carboxylic acids is 1. The van der Waals surface area contributed by atoms with E-state index in [0.717, 1.165) is 55.3 Å². The summed E-state index contributed by atoms with van der Waals surface area (Å²) < 4.78 is 5.59. The fraction of sp³-hybridized carbons (Fsp3) is 0.393. The average Bonchev–Trinajstić information content (AvgIpc) is 3.28. The van der Waals surface area contributed by atoms with Gasteiger partial charge in [-0.15, -0.1) is 0 Å². The number of likely N-dealkylation sites (tertiary alicyclic amines) is 1. The van der Waals surface area contributed by atoms with E-state index in [1.165, 1.54) is 12.0 Å². The Morgan fingerprint density at radius 3 is 2.56 bits per heavy atom. The highest BCUT2D eigenvalue weighted by molar-refractivity contribution is 6.02. The quantitative estimate of drug-likeness (QED) is 0.606. The third-order valence-corrected chi connectivity index (χ3v) is 8.05. The molecule has 3 heterocycles. The Balaban J connectivity index is 1.14. The zero-order valence-electron chi connectivity index (χ0n) is 19.1. The van der Waals surface area contributed by atoms with Gasteiger partial charge in [0.15, 0.2) is 0 Å². The summed E-state index contributed by atoms with van der Waals surface area (Å²) >= 11 is 0. The van der Waals surface area contributed by atoms with E-state index in [1.54, 1.807) is 18.3 Å². The van der Waals surface area contributed by atoms with Crippen molar-refractivity contribution in [3.8, 4) is 11.1 Å². The van der Waals surface area contributed by atoms with Crippen LogP contribution in [0.3, 0.4) is 0 Å². The Kier molecular flexibility index (Phi) is 5.14. The van der Waals surface area contributed by atoms with Crippen LogP contribution in [0.5, 0.6) is 0 Å². The molecular weight excluding hydrogens is 428 g/mol. The highest BCUT2D eigenvalue weighted by Crippen LogP contribution is 2.65. The van der Waals surface area contributed by atoms with E-state index in [2.05, 4.69) is 29.2 Å². The molecule has 3 aromatic rings. The Bertz CT molecular complexity index is 1260. The van der Waals surface area contributed by atoms with Gasteiger partial charge in [-0.3, -0.25) is 9.78 Å². The van der Waals surface area contributed by atoms with Crippen LogP contribution in [0.2, 0.25) is 0 Å². The number of benzene rings is 2. The number of aromatic nitrogens is 1. The maximum absolute atomic E-state index is 12.7. The van der Waals surface area contributed by atoms with Crippen LogP contribution < -0.4 is 0 Å². The number of fused-ring (bicyclic) bond motifs is 1. The number of hydrogen-bond acceptors (Lipinski definition) is 4. The zero-order chi connectivity index (χ0) is 23.3. The summed E-state index contributed by atoms with van der Waals surface area (Å²) in [5.74, 6) is -0.210. The van der Waals surface area contributed by atoms with Crippen molar-refractivity contribution in [3.05, 3.63) is 65.9 Å². The van der Waals surface area contributed by atoms with Crippen molar-refractivity contribution in [2.24, 2.45) is 5.41 Å². The van der Waals surface area contributed by atoms with Crippen LogP contribution in [0.25, 0.3) is 22.0 Å². The van der Waals surface area contributed by atoms with Gasteiger partial charge in [0.2, 0.25) is 0 Å². The fourth-order valence-electron chi connectivity index (χ4n) is 5.92. The Labute approximate surface area is 198 Å². The lowest BCUT2D eigenvalue weighted by atomic mass is 9.88. The van der Waals surface area contributed by atoms with Crippen molar-refractivity contribution >= 4 is 22.8 Å². The van der Waals surface area contributed by atoms with Crippen molar-refractivity contribution in [1.82, 2.24) is 9.88 Å². The van der Waals surface area contributed by atoms with E-state index >= 15 is 0 Å². The van der Waals surface area contributed by atoms with E-state index in [-0.39, 0.29) is 17.6 Å². The van der Waals surface area contributed by atoms with Crippen LogP contribution in [0.15, 0.2) is 54.7 Å². The van der Waals surface area contributed by atoms with Gasteiger partial charge >= 0.3 is 5.97 Å². The van der Waals surface area contributed by atoms with E-state index in [4.69, 9.17) is 4.74 Å². The summed E-state index contributed by atoms with van der Waals surface area (Å²) in [4.78, 5) is 30.6. The minimum Gasteiger partial charge on any atom is -0.478 e. The van der Waals surface area contributed by atoms with Gasteiger partial charge in [0.05, 0.1) is 11.1 Å². The van der Waals surface area contributed by atoms with Gasteiger partial charge in [0.25, 0.3) is 5.91 Å². The first-order valence-electron chi connectivity index (χ1n) is 12.2. The van der Waals surface area contributed by atoms with Crippen molar-refractivity contribution in [1.29, 1.82) is 0 Å². The molecule has 0 unspecified atom stereocenters. The van der Waals surface area contributed by atoms with Crippen molar-refractivity contribution in [3.63, 3.8) is 0 Å². The molecule has 1 N–H and O–H groups in total. The van der Waals surface area contributed by atoms with Gasteiger partial charge in [-0.05, 0) is 66.7 Å². The number of carbonyl (C=O) groups is 2. The highest BCUT2D eigenvalue weighted by Gasteiger charge is 2.55. The van der Waals surface area contributed by atoms with E-state index in [9.17, 15) is 14.7 Å². The van der Waals surface area contributed by atoms with Gasteiger partial charge in [-0.1, -0.05) is 36.4 Å². The number of carboxylic acid groups (broad SMARTS) is 1. The SMILES string of the molecule is O=C(O)c1cccc2cc(-c3ccc([C@H]4CC45CCN(C(=O)[C@H]4CCCO4)CC5)cc3)cnc12. The van der Waals surface area contributed by atoms with Crippen molar-refractivity contribution in [2.75, 3.05) is 19.7 Å². The van der Waals surface area contributed by atoms with Crippen LogP contribution in [0.4, 0.5) is 0 Å². The fourth-order valence-corrected chi connectivity index (χ4v) is 5.92. The minimum atomic E-state index is -0.962. The second-order valence-corrected chi connectivity index (χ2v) is 9.97. The normalized spacial score (nSPS) is 23.4. The summed E-state index contributed by atoms with van der Waals surface area (Å²) in [6, 6.07) is 16.0. The van der Waals surface area contributed by atoms with Gasteiger partial charge in [0.1, 0.15) is 6.10 Å². The topological polar surface area (TPSA) is 79.7 Å². The Hall–Kier alpha value is -3.25. The number of amides is 1. The molecule has 1 saturated carbocycles. The first-order valence-corrected chi connectivity index (χ1v) is 12.2. The van der Waals surface area contributed by atoms with E-state index in [1.807, 2.05) is 17.0 Å².